The molecular weight excluding hydrogens is 234 g/mol. The average Bonchev–Trinajstić information content (AvgIpc) is 2.37. The lowest BCUT2D eigenvalue weighted by Crippen LogP contribution is -2.47. The lowest BCUT2D eigenvalue weighted by atomic mass is 10.0. The van der Waals surface area contributed by atoms with Gasteiger partial charge in [-0.1, -0.05) is 18.2 Å². The molecule has 0 aliphatic carbocycles. The fourth-order valence-corrected chi connectivity index (χ4v) is 2.36. The Morgan fingerprint density at radius 2 is 1.83 bits per heavy atom. The Kier molecular flexibility index (Phi) is 2.66. The zero-order chi connectivity index (χ0) is 12.5. The van der Waals surface area contributed by atoms with Crippen LogP contribution in [0.2, 0.25) is 0 Å². The van der Waals surface area contributed by atoms with Gasteiger partial charge in [0.05, 0.1) is 0 Å². The maximum atomic E-state index is 11.3. The van der Waals surface area contributed by atoms with Gasteiger partial charge in [0.15, 0.2) is 0 Å². The lowest BCUT2D eigenvalue weighted by Gasteiger charge is -2.37. The predicted molar refractivity (Wildman–Crippen MR) is 62.7 cm³/mol. The molecular formula is C13H13NO4. The molecule has 2 aliphatic heterocycles. The van der Waals surface area contributed by atoms with Crippen molar-refractivity contribution in [1.82, 2.24) is 0 Å². The van der Waals surface area contributed by atoms with E-state index in [2.05, 4.69) is 0 Å². The number of para-hydroxylation sites is 1. The smallest absolute Gasteiger partial charge is 0.332 e. The molecule has 5 heteroatoms. The number of anilines is 1. The third kappa shape index (κ3) is 1.92. The molecule has 0 aromatic heterocycles. The summed E-state index contributed by atoms with van der Waals surface area (Å²) in [4.78, 5) is 24.4. The van der Waals surface area contributed by atoms with Crippen molar-refractivity contribution in [1.29, 1.82) is 0 Å². The van der Waals surface area contributed by atoms with E-state index in [1.807, 2.05) is 29.2 Å². The molecule has 5 nitrogen and oxygen atoms in total. The molecule has 0 unspecified atom stereocenters. The van der Waals surface area contributed by atoms with Crippen molar-refractivity contribution in [2.24, 2.45) is 0 Å². The van der Waals surface area contributed by atoms with Crippen LogP contribution in [0.3, 0.4) is 0 Å². The van der Waals surface area contributed by atoms with Gasteiger partial charge < -0.3 is 14.4 Å². The first-order chi connectivity index (χ1) is 8.74. The number of rotatable bonds is 1. The van der Waals surface area contributed by atoms with E-state index in [0.717, 1.165) is 18.5 Å². The van der Waals surface area contributed by atoms with Crippen LogP contribution in [0, 0.1) is 0 Å². The summed E-state index contributed by atoms with van der Waals surface area (Å²) in [5.41, 5.74) is 2.15. The summed E-state index contributed by atoms with van der Waals surface area (Å²) in [7, 11) is 0. The Morgan fingerprint density at radius 3 is 2.61 bits per heavy atom. The molecule has 0 spiro atoms. The van der Waals surface area contributed by atoms with Gasteiger partial charge in [0.2, 0.25) is 0 Å². The average molecular weight is 247 g/mol. The molecule has 0 N–H and O–H groups in total. The van der Waals surface area contributed by atoms with E-state index in [9.17, 15) is 9.59 Å². The molecule has 3 rings (SSSR count). The van der Waals surface area contributed by atoms with Crippen LogP contribution >= 0.6 is 0 Å². The quantitative estimate of drug-likeness (QED) is 0.551. The van der Waals surface area contributed by atoms with Crippen LogP contribution in [0.5, 0.6) is 0 Å². The van der Waals surface area contributed by atoms with Gasteiger partial charge in [0.25, 0.3) is 0 Å². The first-order valence-corrected chi connectivity index (χ1v) is 5.97. The highest BCUT2D eigenvalue weighted by Crippen LogP contribution is 2.30. The largest absolute Gasteiger partial charge is 0.405 e. The fourth-order valence-electron chi connectivity index (χ4n) is 2.36. The Labute approximate surface area is 104 Å². The minimum absolute atomic E-state index is 0.300. The van der Waals surface area contributed by atoms with Crippen molar-refractivity contribution in [3.8, 4) is 0 Å². The molecule has 0 atom stereocenters. The van der Waals surface area contributed by atoms with Gasteiger partial charge in [0, 0.05) is 12.2 Å². The number of fused-ring (bicyclic) bond motifs is 1. The van der Waals surface area contributed by atoms with E-state index in [1.54, 1.807) is 0 Å². The maximum Gasteiger partial charge on any atom is 0.332 e. The van der Waals surface area contributed by atoms with Gasteiger partial charge >= 0.3 is 18.4 Å². The maximum absolute atomic E-state index is 11.3. The van der Waals surface area contributed by atoms with E-state index in [-0.39, 0.29) is 6.42 Å². The van der Waals surface area contributed by atoms with Crippen LogP contribution in [0.4, 0.5) is 5.69 Å². The van der Waals surface area contributed by atoms with Gasteiger partial charge in [-0.15, -0.1) is 0 Å². The number of benzene rings is 1. The Hall–Kier alpha value is -2.04. The number of cyclic esters (lactones) is 2. The minimum atomic E-state index is -0.916. The molecule has 2 aliphatic rings. The summed E-state index contributed by atoms with van der Waals surface area (Å²) in [5.74, 6) is -1.06. The molecule has 94 valence electrons. The summed E-state index contributed by atoms with van der Waals surface area (Å²) in [6, 6.07) is 7.88. The number of nitrogens with zero attached hydrogens (tertiary/aromatic N) is 1. The van der Waals surface area contributed by atoms with Crippen molar-refractivity contribution in [3.05, 3.63) is 29.8 Å². The van der Waals surface area contributed by atoms with Crippen LogP contribution < -0.4 is 4.90 Å². The third-order valence-corrected chi connectivity index (χ3v) is 3.15. The predicted octanol–water partition coefficient (Wildman–Crippen LogP) is 1.21. The minimum Gasteiger partial charge on any atom is -0.405 e. The zero-order valence-electron chi connectivity index (χ0n) is 9.80. The van der Waals surface area contributed by atoms with Gasteiger partial charge in [-0.2, -0.15) is 0 Å². The molecule has 1 fully saturated rings. The van der Waals surface area contributed by atoms with Crippen molar-refractivity contribution in [2.75, 3.05) is 11.4 Å². The monoisotopic (exact) mass is 247 g/mol. The number of esters is 2. The highest BCUT2D eigenvalue weighted by Gasteiger charge is 2.34. The van der Waals surface area contributed by atoms with Crippen molar-refractivity contribution in [2.45, 2.75) is 25.7 Å². The molecule has 0 saturated carbocycles. The van der Waals surface area contributed by atoms with Crippen molar-refractivity contribution >= 4 is 17.6 Å². The molecule has 0 amide bonds. The Bertz CT molecular complexity index is 484. The number of ether oxygens (including phenoxy) is 2. The third-order valence-electron chi connectivity index (χ3n) is 3.15. The van der Waals surface area contributed by atoms with Crippen molar-refractivity contribution < 1.29 is 19.1 Å². The summed E-state index contributed by atoms with van der Waals surface area (Å²) >= 11 is 0. The van der Waals surface area contributed by atoms with Gasteiger partial charge in [-0.25, -0.2) is 0 Å². The Morgan fingerprint density at radius 1 is 1.11 bits per heavy atom. The number of hydrogen-bond acceptors (Lipinski definition) is 5. The molecule has 0 bridgehead atoms. The molecule has 1 aromatic carbocycles. The van der Waals surface area contributed by atoms with Gasteiger partial charge in [-0.3, -0.25) is 9.59 Å². The second-order valence-electron chi connectivity index (χ2n) is 4.39. The normalized spacial score (nSPS) is 20.1. The molecule has 18 heavy (non-hydrogen) atoms. The number of carbonyl (C=O) groups is 2. The van der Waals surface area contributed by atoms with Crippen LogP contribution in [-0.2, 0) is 25.5 Å². The Balaban J connectivity index is 1.89. The van der Waals surface area contributed by atoms with E-state index in [1.165, 1.54) is 5.56 Å². The van der Waals surface area contributed by atoms with Crippen LogP contribution in [-0.4, -0.2) is 24.9 Å². The SMILES string of the molecule is O=C1CC(=O)OC(N2CCCc3ccccc32)O1. The van der Waals surface area contributed by atoms with Crippen molar-refractivity contribution in [3.63, 3.8) is 0 Å². The molecule has 0 radical (unpaired) electrons. The van der Waals surface area contributed by atoms with Gasteiger partial charge in [0.1, 0.15) is 6.42 Å². The zero-order valence-corrected chi connectivity index (χ0v) is 9.80. The first-order valence-electron chi connectivity index (χ1n) is 5.97. The summed E-state index contributed by atoms with van der Waals surface area (Å²) < 4.78 is 10.2. The summed E-state index contributed by atoms with van der Waals surface area (Å²) in [6.07, 6.45) is 0.718. The lowest BCUT2D eigenvalue weighted by molar-refractivity contribution is -0.203. The van der Waals surface area contributed by atoms with E-state index < -0.39 is 18.4 Å². The molecule has 2 heterocycles. The van der Waals surface area contributed by atoms with Crippen LogP contribution in [0.25, 0.3) is 0 Å². The van der Waals surface area contributed by atoms with Crippen LogP contribution in [0.1, 0.15) is 18.4 Å². The van der Waals surface area contributed by atoms with E-state index in [4.69, 9.17) is 9.47 Å². The first kappa shape index (κ1) is 11.1. The van der Waals surface area contributed by atoms with Crippen LogP contribution in [0.15, 0.2) is 24.3 Å². The fraction of sp³-hybridized carbons (Fsp3) is 0.385. The highest BCUT2D eigenvalue weighted by molar-refractivity contribution is 5.92. The van der Waals surface area contributed by atoms with Gasteiger partial charge in [-0.05, 0) is 24.5 Å². The number of carbonyl (C=O) groups excluding carboxylic acids is 2. The topological polar surface area (TPSA) is 55.8 Å². The second kappa shape index (κ2) is 4.33. The standard InChI is InChI=1S/C13H13NO4/c15-11-8-12(16)18-13(17-11)14-7-3-5-9-4-1-2-6-10(9)14/h1-2,4,6,13H,3,5,7-8H2. The number of hydrogen-bond donors (Lipinski definition) is 0. The summed E-state index contributed by atoms with van der Waals surface area (Å²) in [6.45, 7) is 0.711. The highest BCUT2D eigenvalue weighted by atomic mass is 16.7. The summed E-state index contributed by atoms with van der Waals surface area (Å²) in [5, 5.41) is 0. The van der Waals surface area contributed by atoms with E-state index >= 15 is 0 Å². The van der Waals surface area contributed by atoms with E-state index in [0.29, 0.717) is 6.54 Å². The molecule has 1 aromatic rings. The second-order valence-corrected chi connectivity index (χ2v) is 4.39. The number of aryl methyl sites for hydroxylation is 1. The molecule has 1 saturated heterocycles.